The quantitative estimate of drug-likeness (QED) is 0.446. The molecule has 5 heteroatoms. The van der Waals surface area contributed by atoms with Crippen molar-refractivity contribution in [2.24, 2.45) is 0 Å². The minimum Gasteiger partial charge on any atom is -0.481 e. The number of benzene rings is 1. The van der Waals surface area contributed by atoms with Crippen LogP contribution in [0, 0.1) is 0 Å². The third-order valence-electron chi connectivity index (χ3n) is 5.69. The molecule has 2 atom stereocenters. The first kappa shape index (κ1) is 22.2. The van der Waals surface area contributed by atoms with Gasteiger partial charge in [-0.05, 0) is 24.8 Å². The SMILES string of the molecule is CC(C)(c1ccccc1)C(O)C=C[C@H]1CCC(=O)N1CCCCCCC(=O)O. The average Bonchev–Trinajstić information content (AvgIpc) is 3.02. The molecule has 28 heavy (non-hydrogen) atoms. The van der Waals surface area contributed by atoms with Crippen molar-refractivity contribution in [1.29, 1.82) is 0 Å². The molecule has 1 aromatic carbocycles. The summed E-state index contributed by atoms with van der Waals surface area (Å²) in [7, 11) is 0. The molecule has 1 saturated heterocycles. The predicted molar refractivity (Wildman–Crippen MR) is 110 cm³/mol. The number of hydrogen-bond donors (Lipinski definition) is 2. The summed E-state index contributed by atoms with van der Waals surface area (Å²) in [4.78, 5) is 24.6. The van der Waals surface area contributed by atoms with Gasteiger partial charge in [-0.3, -0.25) is 9.59 Å². The Balaban J connectivity index is 1.87. The van der Waals surface area contributed by atoms with E-state index in [1.165, 1.54) is 0 Å². The van der Waals surface area contributed by atoms with Gasteiger partial charge >= 0.3 is 5.97 Å². The highest BCUT2D eigenvalue weighted by Gasteiger charge is 2.31. The molecule has 1 aliphatic rings. The van der Waals surface area contributed by atoms with E-state index >= 15 is 0 Å². The van der Waals surface area contributed by atoms with Crippen LogP contribution < -0.4 is 0 Å². The standard InChI is InChI=1S/C23H33NO4/c1-23(2,18-10-6-5-7-11-18)20(25)15-13-19-14-16-21(26)24(19)17-9-4-3-8-12-22(27)28/h5-7,10-11,13,15,19-20,25H,3-4,8-9,12,14,16-17H2,1-2H3,(H,27,28)/t19-,20?/m0/s1. The van der Waals surface area contributed by atoms with Crippen LogP contribution in [-0.2, 0) is 15.0 Å². The van der Waals surface area contributed by atoms with Crippen molar-refractivity contribution < 1.29 is 19.8 Å². The van der Waals surface area contributed by atoms with Gasteiger partial charge in [-0.2, -0.15) is 0 Å². The van der Waals surface area contributed by atoms with Gasteiger partial charge < -0.3 is 15.1 Å². The van der Waals surface area contributed by atoms with E-state index in [4.69, 9.17) is 5.11 Å². The second-order valence-electron chi connectivity index (χ2n) is 8.17. The maximum absolute atomic E-state index is 12.2. The fourth-order valence-corrected chi connectivity index (χ4v) is 3.67. The number of aliphatic hydroxyl groups is 1. The topological polar surface area (TPSA) is 77.8 Å². The molecule has 1 aromatic rings. The van der Waals surface area contributed by atoms with E-state index in [1.54, 1.807) is 0 Å². The second kappa shape index (κ2) is 10.4. The first-order valence-corrected chi connectivity index (χ1v) is 10.3. The lowest BCUT2D eigenvalue weighted by atomic mass is 9.79. The molecule has 0 bridgehead atoms. The van der Waals surface area contributed by atoms with Gasteiger partial charge in [0.1, 0.15) is 0 Å². The molecular formula is C23H33NO4. The molecule has 0 radical (unpaired) electrons. The van der Waals surface area contributed by atoms with Gasteiger partial charge in [0.25, 0.3) is 0 Å². The molecule has 1 amide bonds. The van der Waals surface area contributed by atoms with Crippen LogP contribution in [0.2, 0.25) is 0 Å². The normalized spacial score (nSPS) is 18.8. The molecule has 2 N–H and O–H groups in total. The van der Waals surface area contributed by atoms with Crippen LogP contribution >= 0.6 is 0 Å². The number of likely N-dealkylation sites (tertiary alicyclic amines) is 1. The van der Waals surface area contributed by atoms with E-state index in [0.717, 1.165) is 31.2 Å². The lowest BCUT2D eigenvalue weighted by Crippen LogP contribution is -2.35. The summed E-state index contributed by atoms with van der Waals surface area (Å²) in [5, 5.41) is 19.4. The summed E-state index contributed by atoms with van der Waals surface area (Å²) < 4.78 is 0. The zero-order valence-electron chi connectivity index (χ0n) is 17.0. The first-order chi connectivity index (χ1) is 13.3. The maximum Gasteiger partial charge on any atom is 0.303 e. The molecule has 1 fully saturated rings. The van der Waals surface area contributed by atoms with Gasteiger partial charge in [0.2, 0.25) is 5.91 Å². The highest BCUT2D eigenvalue weighted by Crippen LogP contribution is 2.29. The molecule has 1 aliphatic heterocycles. The number of hydrogen-bond acceptors (Lipinski definition) is 3. The number of aliphatic hydroxyl groups excluding tert-OH is 1. The van der Waals surface area contributed by atoms with Crippen molar-refractivity contribution >= 4 is 11.9 Å². The molecule has 0 saturated carbocycles. The van der Waals surface area contributed by atoms with Gasteiger partial charge in [0.15, 0.2) is 0 Å². The minimum atomic E-state index is -0.753. The van der Waals surface area contributed by atoms with E-state index < -0.39 is 17.5 Å². The summed E-state index contributed by atoms with van der Waals surface area (Å²) in [6.45, 7) is 4.73. The highest BCUT2D eigenvalue weighted by atomic mass is 16.4. The summed E-state index contributed by atoms with van der Waals surface area (Å²) in [5.41, 5.74) is 0.669. The minimum absolute atomic E-state index is 0.0349. The fraction of sp³-hybridized carbons (Fsp3) is 0.565. The Bertz CT molecular complexity index is 668. The van der Waals surface area contributed by atoms with Crippen molar-refractivity contribution in [3.63, 3.8) is 0 Å². The first-order valence-electron chi connectivity index (χ1n) is 10.3. The molecule has 2 rings (SSSR count). The third kappa shape index (κ3) is 6.20. The number of carboxylic acids is 1. The smallest absolute Gasteiger partial charge is 0.303 e. The van der Waals surface area contributed by atoms with E-state index in [9.17, 15) is 14.7 Å². The van der Waals surface area contributed by atoms with Crippen molar-refractivity contribution in [2.45, 2.75) is 76.4 Å². The number of carboxylic acid groups (broad SMARTS) is 1. The predicted octanol–water partition coefficient (Wildman–Crippen LogP) is 3.91. The number of rotatable bonds is 11. The lowest BCUT2D eigenvalue weighted by molar-refractivity contribution is -0.137. The number of carbonyl (C=O) groups is 2. The van der Waals surface area contributed by atoms with Gasteiger partial charge in [0.05, 0.1) is 12.1 Å². The van der Waals surface area contributed by atoms with Crippen LogP contribution in [0.3, 0.4) is 0 Å². The summed E-state index contributed by atoms with van der Waals surface area (Å²) in [5.74, 6) is -0.589. The third-order valence-corrected chi connectivity index (χ3v) is 5.69. The molecule has 5 nitrogen and oxygen atoms in total. The van der Waals surface area contributed by atoms with Crippen molar-refractivity contribution in [3.8, 4) is 0 Å². The molecule has 0 aliphatic carbocycles. The molecule has 1 heterocycles. The molecule has 0 aromatic heterocycles. The van der Waals surface area contributed by atoms with Crippen molar-refractivity contribution in [1.82, 2.24) is 4.90 Å². The van der Waals surface area contributed by atoms with Crippen LogP contribution in [0.5, 0.6) is 0 Å². The maximum atomic E-state index is 12.2. The van der Waals surface area contributed by atoms with E-state index in [2.05, 4.69) is 0 Å². The van der Waals surface area contributed by atoms with Crippen LogP contribution in [0.4, 0.5) is 0 Å². The number of carbonyl (C=O) groups excluding carboxylic acids is 1. The van der Waals surface area contributed by atoms with Crippen LogP contribution in [0.15, 0.2) is 42.5 Å². The van der Waals surface area contributed by atoms with Crippen LogP contribution in [-0.4, -0.2) is 45.7 Å². The monoisotopic (exact) mass is 387 g/mol. The summed E-state index contributed by atoms with van der Waals surface area (Å²) >= 11 is 0. The number of amides is 1. The number of aliphatic carboxylic acids is 1. The zero-order valence-corrected chi connectivity index (χ0v) is 17.0. The van der Waals surface area contributed by atoms with Gasteiger partial charge in [0, 0.05) is 24.8 Å². The number of nitrogens with zero attached hydrogens (tertiary/aromatic N) is 1. The largest absolute Gasteiger partial charge is 0.481 e. The Hall–Kier alpha value is -2.14. The van der Waals surface area contributed by atoms with Crippen molar-refractivity contribution in [2.75, 3.05) is 6.54 Å². The molecule has 0 spiro atoms. The Morgan fingerprint density at radius 2 is 1.89 bits per heavy atom. The molecule has 154 valence electrons. The summed E-state index contributed by atoms with van der Waals surface area (Å²) in [6, 6.07) is 9.99. The Morgan fingerprint density at radius 3 is 2.57 bits per heavy atom. The number of unbranched alkanes of at least 4 members (excludes halogenated alkanes) is 3. The van der Waals surface area contributed by atoms with Crippen molar-refractivity contribution in [3.05, 3.63) is 48.0 Å². The van der Waals surface area contributed by atoms with E-state index in [0.29, 0.717) is 19.4 Å². The fourth-order valence-electron chi connectivity index (χ4n) is 3.67. The summed E-state index contributed by atoms with van der Waals surface area (Å²) in [6.07, 6.45) is 8.09. The van der Waals surface area contributed by atoms with Crippen LogP contribution in [0.25, 0.3) is 0 Å². The molecular weight excluding hydrogens is 354 g/mol. The van der Waals surface area contributed by atoms with E-state index in [1.807, 2.05) is 61.2 Å². The Labute approximate surface area is 168 Å². The van der Waals surface area contributed by atoms with E-state index in [-0.39, 0.29) is 18.4 Å². The molecule has 1 unspecified atom stereocenters. The highest BCUT2D eigenvalue weighted by molar-refractivity contribution is 5.79. The second-order valence-corrected chi connectivity index (χ2v) is 8.17. The van der Waals surface area contributed by atoms with Gasteiger partial charge in [-0.15, -0.1) is 0 Å². The average molecular weight is 388 g/mol. The van der Waals surface area contributed by atoms with Crippen LogP contribution in [0.1, 0.15) is 64.4 Å². The Morgan fingerprint density at radius 1 is 1.21 bits per heavy atom. The van der Waals surface area contributed by atoms with Gasteiger partial charge in [-0.1, -0.05) is 69.2 Å². The van der Waals surface area contributed by atoms with Gasteiger partial charge in [-0.25, -0.2) is 0 Å². The lowest BCUT2D eigenvalue weighted by Gasteiger charge is -2.30. The zero-order chi connectivity index (χ0) is 20.6. The Kier molecular flexibility index (Phi) is 8.24.